The predicted molar refractivity (Wildman–Crippen MR) is 134 cm³/mol. The number of hydrogen-bond acceptors (Lipinski definition) is 5. The van der Waals surface area contributed by atoms with E-state index in [1.54, 1.807) is 0 Å². The smallest absolute Gasteiger partial charge is 0.191 e. The van der Waals surface area contributed by atoms with Gasteiger partial charge in [-0.2, -0.15) is 0 Å². The maximum absolute atomic E-state index is 4.88. The van der Waals surface area contributed by atoms with Gasteiger partial charge in [-0.1, -0.05) is 25.1 Å². The maximum atomic E-state index is 4.88. The second kappa shape index (κ2) is 11.2. The lowest BCUT2D eigenvalue weighted by Gasteiger charge is -2.34. The van der Waals surface area contributed by atoms with E-state index in [1.165, 1.54) is 11.3 Å². The van der Waals surface area contributed by atoms with Gasteiger partial charge in [-0.25, -0.2) is 9.98 Å². The number of piperazine rings is 1. The van der Waals surface area contributed by atoms with Crippen LogP contribution >= 0.6 is 0 Å². The Kier molecular flexibility index (Phi) is 7.82. The summed E-state index contributed by atoms with van der Waals surface area (Å²) in [6, 6.07) is 15.3. The van der Waals surface area contributed by atoms with Crippen molar-refractivity contribution in [1.82, 2.24) is 20.5 Å². The summed E-state index contributed by atoms with van der Waals surface area (Å²) in [4.78, 5) is 16.8. The first-order valence-corrected chi connectivity index (χ1v) is 12.0. The maximum Gasteiger partial charge on any atom is 0.191 e. The molecule has 0 spiro atoms. The molecular formula is C25H37N7. The Labute approximate surface area is 192 Å². The molecule has 7 heteroatoms. The summed E-state index contributed by atoms with van der Waals surface area (Å²) >= 11 is 0. The van der Waals surface area contributed by atoms with Gasteiger partial charge in [0, 0.05) is 63.7 Å². The van der Waals surface area contributed by atoms with Gasteiger partial charge in [0.25, 0.3) is 0 Å². The number of aliphatic imine (C=N–C) groups is 1. The van der Waals surface area contributed by atoms with Gasteiger partial charge in [-0.05, 0) is 49.7 Å². The Morgan fingerprint density at radius 3 is 2.59 bits per heavy atom. The van der Waals surface area contributed by atoms with Crippen molar-refractivity contribution in [2.75, 3.05) is 62.2 Å². The molecule has 0 amide bonds. The highest BCUT2D eigenvalue weighted by Gasteiger charge is 2.23. The fourth-order valence-electron chi connectivity index (χ4n) is 4.46. The third-order valence-electron chi connectivity index (χ3n) is 6.37. The number of rotatable bonds is 7. The highest BCUT2D eigenvalue weighted by Crippen LogP contribution is 2.20. The molecule has 0 aliphatic carbocycles. The zero-order chi connectivity index (χ0) is 22.2. The molecule has 2 saturated heterocycles. The minimum absolute atomic E-state index is 0.399. The molecule has 1 aromatic carbocycles. The summed E-state index contributed by atoms with van der Waals surface area (Å²) in [5, 5.41) is 7.05. The van der Waals surface area contributed by atoms with Gasteiger partial charge in [0.05, 0.1) is 6.54 Å². The third-order valence-corrected chi connectivity index (χ3v) is 6.37. The molecule has 0 bridgehead atoms. The van der Waals surface area contributed by atoms with Gasteiger partial charge in [-0.3, -0.25) is 0 Å². The summed E-state index contributed by atoms with van der Waals surface area (Å²) in [5.74, 6) is 1.96. The first-order valence-electron chi connectivity index (χ1n) is 12.0. The van der Waals surface area contributed by atoms with Gasteiger partial charge >= 0.3 is 0 Å². The molecule has 0 saturated carbocycles. The van der Waals surface area contributed by atoms with E-state index in [9.17, 15) is 0 Å². The fraction of sp³-hybridized carbons (Fsp3) is 0.520. The number of para-hydroxylation sites is 1. The van der Waals surface area contributed by atoms with Crippen molar-refractivity contribution < 1.29 is 0 Å². The molecule has 1 atom stereocenters. The number of nitrogens with one attached hydrogen (secondary N) is 2. The van der Waals surface area contributed by atoms with Crippen molar-refractivity contribution in [3.05, 3.63) is 54.2 Å². The molecule has 32 heavy (non-hydrogen) atoms. The standard InChI is InChI=1S/C25H37N7/c1-3-26-25(29-22-11-13-32(20-22)23-8-6-5-7-9-23)28-19-21-10-12-27-24(18-21)31-16-14-30(4-2)15-17-31/h5-10,12,18,22H,3-4,11,13-17,19-20H2,1-2H3,(H2,26,28,29). The molecule has 2 fully saturated rings. The van der Waals surface area contributed by atoms with E-state index in [2.05, 4.69) is 86.6 Å². The minimum atomic E-state index is 0.399. The Hall–Kier alpha value is -2.80. The van der Waals surface area contributed by atoms with Crippen LogP contribution in [0.25, 0.3) is 0 Å². The first-order chi connectivity index (χ1) is 15.7. The summed E-state index contributed by atoms with van der Waals surface area (Å²) in [6.45, 7) is 13.3. The van der Waals surface area contributed by atoms with Gasteiger partial charge < -0.3 is 25.3 Å². The molecule has 3 heterocycles. The van der Waals surface area contributed by atoms with Crippen molar-refractivity contribution in [3.8, 4) is 0 Å². The van der Waals surface area contributed by atoms with Crippen LogP contribution in [0.4, 0.5) is 11.5 Å². The number of pyridine rings is 1. The average Bonchev–Trinajstić information content (AvgIpc) is 3.32. The van der Waals surface area contributed by atoms with Crippen LogP contribution in [0.15, 0.2) is 53.7 Å². The number of nitrogens with zero attached hydrogens (tertiary/aromatic N) is 5. The van der Waals surface area contributed by atoms with Crippen LogP contribution in [0.1, 0.15) is 25.8 Å². The Balaban J connectivity index is 1.34. The Morgan fingerprint density at radius 2 is 1.84 bits per heavy atom. The van der Waals surface area contributed by atoms with Crippen molar-refractivity contribution in [1.29, 1.82) is 0 Å². The van der Waals surface area contributed by atoms with Crippen molar-refractivity contribution in [2.24, 2.45) is 4.99 Å². The molecule has 2 aliphatic rings. The number of hydrogen-bond donors (Lipinski definition) is 2. The minimum Gasteiger partial charge on any atom is -0.369 e. The highest BCUT2D eigenvalue weighted by molar-refractivity contribution is 5.80. The first kappa shape index (κ1) is 22.4. The molecular weight excluding hydrogens is 398 g/mol. The number of likely N-dealkylation sites (N-methyl/N-ethyl adjacent to an activating group) is 1. The molecule has 4 rings (SSSR count). The van der Waals surface area contributed by atoms with E-state index in [0.29, 0.717) is 12.6 Å². The van der Waals surface area contributed by atoms with Gasteiger partial charge in [0.15, 0.2) is 5.96 Å². The summed E-state index contributed by atoms with van der Waals surface area (Å²) in [5.41, 5.74) is 2.49. The van der Waals surface area contributed by atoms with Crippen LogP contribution in [-0.4, -0.2) is 74.2 Å². The van der Waals surface area contributed by atoms with Crippen LogP contribution in [-0.2, 0) is 6.54 Å². The van der Waals surface area contributed by atoms with E-state index in [0.717, 1.165) is 70.6 Å². The van der Waals surface area contributed by atoms with E-state index in [4.69, 9.17) is 4.99 Å². The van der Waals surface area contributed by atoms with E-state index < -0.39 is 0 Å². The lowest BCUT2D eigenvalue weighted by molar-refractivity contribution is 0.270. The van der Waals surface area contributed by atoms with Gasteiger partial charge in [0.2, 0.25) is 0 Å². The number of aromatic nitrogens is 1. The molecule has 1 aromatic heterocycles. The van der Waals surface area contributed by atoms with Crippen LogP contribution < -0.4 is 20.4 Å². The summed E-state index contributed by atoms with van der Waals surface area (Å²) in [6.07, 6.45) is 3.03. The molecule has 1 unspecified atom stereocenters. The predicted octanol–water partition coefficient (Wildman–Crippen LogP) is 2.56. The second-order valence-electron chi connectivity index (χ2n) is 8.55. The zero-order valence-electron chi connectivity index (χ0n) is 19.5. The van der Waals surface area contributed by atoms with Crippen molar-refractivity contribution >= 4 is 17.5 Å². The number of guanidine groups is 1. The Morgan fingerprint density at radius 1 is 1.03 bits per heavy atom. The fourth-order valence-corrected chi connectivity index (χ4v) is 4.46. The summed E-state index contributed by atoms with van der Waals surface area (Å²) in [7, 11) is 0. The van der Waals surface area contributed by atoms with Crippen molar-refractivity contribution in [2.45, 2.75) is 32.9 Å². The van der Waals surface area contributed by atoms with Crippen LogP contribution in [0.2, 0.25) is 0 Å². The SMILES string of the molecule is CCNC(=NCc1ccnc(N2CCN(CC)CC2)c1)NC1CCN(c2ccccc2)C1. The zero-order valence-corrected chi connectivity index (χ0v) is 19.5. The van der Waals surface area contributed by atoms with Crippen LogP contribution in [0.3, 0.4) is 0 Å². The van der Waals surface area contributed by atoms with E-state index in [1.807, 2.05) is 6.20 Å². The topological polar surface area (TPSA) is 59.0 Å². The largest absolute Gasteiger partial charge is 0.369 e. The van der Waals surface area contributed by atoms with E-state index >= 15 is 0 Å². The van der Waals surface area contributed by atoms with Crippen LogP contribution in [0.5, 0.6) is 0 Å². The quantitative estimate of drug-likeness (QED) is 0.515. The highest BCUT2D eigenvalue weighted by atomic mass is 15.3. The Bertz CT molecular complexity index is 862. The monoisotopic (exact) mass is 435 g/mol. The van der Waals surface area contributed by atoms with Crippen molar-refractivity contribution in [3.63, 3.8) is 0 Å². The molecule has 0 radical (unpaired) electrons. The lowest BCUT2D eigenvalue weighted by Crippen LogP contribution is -2.46. The molecule has 2 aliphatic heterocycles. The average molecular weight is 436 g/mol. The van der Waals surface area contributed by atoms with Gasteiger partial charge in [0.1, 0.15) is 5.82 Å². The normalized spacial score (nSPS) is 19.9. The third kappa shape index (κ3) is 5.91. The van der Waals surface area contributed by atoms with Gasteiger partial charge in [-0.15, -0.1) is 0 Å². The number of anilines is 2. The summed E-state index contributed by atoms with van der Waals surface area (Å²) < 4.78 is 0. The lowest BCUT2D eigenvalue weighted by atomic mass is 10.2. The molecule has 2 aromatic rings. The van der Waals surface area contributed by atoms with E-state index in [-0.39, 0.29) is 0 Å². The second-order valence-corrected chi connectivity index (χ2v) is 8.55. The molecule has 172 valence electrons. The molecule has 2 N–H and O–H groups in total. The van der Waals surface area contributed by atoms with Crippen LogP contribution in [0, 0.1) is 0 Å². The number of benzene rings is 1. The molecule has 7 nitrogen and oxygen atoms in total.